The van der Waals surface area contributed by atoms with Gasteiger partial charge < -0.3 is 25.8 Å². The van der Waals surface area contributed by atoms with Gasteiger partial charge in [-0.1, -0.05) is 5.92 Å². The molecule has 1 fully saturated rings. The van der Waals surface area contributed by atoms with E-state index in [-0.39, 0.29) is 11.6 Å². The van der Waals surface area contributed by atoms with E-state index in [2.05, 4.69) is 26.8 Å². The van der Waals surface area contributed by atoms with E-state index >= 15 is 0 Å². The van der Waals surface area contributed by atoms with Crippen LogP contribution < -0.4 is 5.73 Å². The molecule has 2 unspecified atom stereocenters. The molecule has 1 aliphatic heterocycles. The number of hydrogen-bond acceptors (Lipinski definition) is 9. The maximum atomic E-state index is 10.5. The third-order valence-corrected chi connectivity index (χ3v) is 5.43. The summed E-state index contributed by atoms with van der Waals surface area (Å²) in [6.45, 7) is -0.443. The van der Waals surface area contributed by atoms with Crippen LogP contribution in [0.2, 0.25) is 0 Å². The van der Waals surface area contributed by atoms with E-state index in [0.29, 0.717) is 11.2 Å². The van der Waals surface area contributed by atoms with Crippen LogP contribution in [0.3, 0.4) is 0 Å². The lowest BCUT2D eigenvalue weighted by atomic mass is 10.1. The molecule has 0 saturated carbocycles. The van der Waals surface area contributed by atoms with Gasteiger partial charge in [-0.2, -0.15) is 0 Å². The number of fused-ring (bicyclic) bond motifs is 1. The Morgan fingerprint density at radius 2 is 1.93 bits per heavy atom. The van der Waals surface area contributed by atoms with E-state index in [4.69, 9.17) is 10.5 Å². The predicted molar refractivity (Wildman–Crippen MR) is 107 cm³/mol. The Bertz CT molecular complexity index is 1090. The van der Waals surface area contributed by atoms with Gasteiger partial charge in [-0.05, 0) is 36.4 Å². The number of thioether (sulfide) groups is 1. The molecule has 1 saturated heterocycles. The topological polar surface area (TPSA) is 140 Å². The summed E-state index contributed by atoms with van der Waals surface area (Å²) >= 11 is 1.64. The van der Waals surface area contributed by atoms with E-state index < -0.39 is 31.1 Å². The van der Waals surface area contributed by atoms with Gasteiger partial charge in [-0.15, -0.1) is 11.8 Å². The molecule has 0 amide bonds. The molecule has 3 aromatic rings. The van der Waals surface area contributed by atoms with Crippen molar-refractivity contribution in [2.24, 2.45) is 0 Å². The summed E-state index contributed by atoms with van der Waals surface area (Å²) in [7, 11) is 0. The van der Waals surface area contributed by atoms with Crippen LogP contribution in [0.1, 0.15) is 17.6 Å². The van der Waals surface area contributed by atoms with Crippen LogP contribution in [0.4, 0.5) is 5.82 Å². The highest BCUT2D eigenvalue weighted by Gasteiger charge is 2.44. The van der Waals surface area contributed by atoms with Crippen molar-refractivity contribution >= 4 is 28.7 Å². The molecule has 10 heteroatoms. The van der Waals surface area contributed by atoms with Crippen LogP contribution in [0.25, 0.3) is 11.2 Å². The van der Waals surface area contributed by atoms with Gasteiger partial charge in [0.15, 0.2) is 29.0 Å². The molecule has 1 aliphatic rings. The van der Waals surface area contributed by atoms with Crippen LogP contribution in [0.5, 0.6) is 0 Å². The molecular weight excluding hydrogens is 394 g/mol. The number of rotatable bonds is 3. The normalized spacial score (nSPS) is 23.9. The number of nitrogens with two attached hydrogens (primary N) is 1. The van der Waals surface area contributed by atoms with Crippen molar-refractivity contribution in [1.29, 1.82) is 0 Å². The number of aromatic nitrogens is 4. The Morgan fingerprint density at radius 3 is 2.59 bits per heavy atom. The van der Waals surface area contributed by atoms with Crippen molar-refractivity contribution < 1.29 is 20.1 Å². The lowest BCUT2D eigenvalue weighted by Gasteiger charge is -2.17. The Balaban J connectivity index is 1.81. The highest BCUT2D eigenvalue weighted by molar-refractivity contribution is 7.98. The van der Waals surface area contributed by atoms with Crippen molar-refractivity contribution in [3.63, 3.8) is 0 Å². The van der Waals surface area contributed by atoms with E-state index in [9.17, 15) is 15.3 Å². The highest BCUT2D eigenvalue weighted by Crippen LogP contribution is 2.33. The number of benzene rings is 1. The number of anilines is 1. The van der Waals surface area contributed by atoms with Gasteiger partial charge in [-0.25, -0.2) is 15.0 Å². The molecule has 4 rings (SSSR count). The fraction of sp³-hybridized carbons (Fsp3) is 0.316. The summed E-state index contributed by atoms with van der Waals surface area (Å²) in [5.41, 5.74) is 7.33. The zero-order chi connectivity index (χ0) is 20.5. The first-order valence-corrected chi connectivity index (χ1v) is 10.0. The molecule has 5 N–H and O–H groups in total. The molecule has 9 nitrogen and oxygen atoms in total. The largest absolute Gasteiger partial charge is 0.394 e. The zero-order valence-corrected chi connectivity index (χ0v) is 16.2. The Hall–Kier alpha value is -2.68. The van der Waals surface area contributed by atoms with Gasteiger partial charge in [0.25, 0.3) is 0 Å². The van der Waals surface area contributed by atoms with Crippen LogP contribution in [-0.2, 0) is 4.74 Å². The minimum absolute atomic E-state index is 0.160. The molecule has 0 spiro atoms. The number of imidazole rings is 1. The molecular formula is C19H19N5O4S. The van der Waals surface area contributed by atoms with Gasteiger partial charge >= 0.3 is 0 Å². The van der Waals surface area contributed by atoms with Gasteiger partial charge in [-0.3, -0.25) is 4.57 Å². The lowest BCUT2D eigenvalue weighted by Crippen LogP contribution is -2.33. The molecule has 0 aliphatic carbocycles. The average molecular weight is 413 g/mol. The van der Waals surface area contributed by atoms with Crippen molar-refractivity contribution in [1.82, 2.24) is 19.5 Å². The molecule has 1 aromatic carbocycles. The maximum absolute atomic E-state index is 10.5. The number of nitrogens with zero attached hydrogens (tertiary/aromatic N) is 4. The van der Waals surface area contributed by atoms with Crippen LogP contribution in [0.15, 0.2) is 35.5 Å². The first-order valence-electron chi connectivity index (χ1n) is 8.80. The second kappa shape index (κ2) is 7.98. The average Bonchev–Trinajstić information content (AvgIpc) is 3.25. The molecule has 4 atom stereocenters. The third-order valence-electron chi connectivity index (χ3n) is 4.69. The Morgan fingerprint density at radius 1 is 1.17 bits per heavy atom. The summed E-state index contributed by atoms with van der Waals surface area (Å²) in [6, 6.07) is 7.72. The molecule has 3 heterocycles. The van der Waals surface area contributed by atoms with Crippen molar-refractivity contribution in [3.05, 3.63) is 42.0 Å². The smallest absolute Gasteiger partial charge is 0.190 e. The number of hydrogen-bond donors (Lipinski definition) is 4. The fourth-order valence-electron chi connectivity index (χ4n) is 3.15. The maximum Gasteiger partial charge on any atom is 0.190 e. The molecule has 2 aromatic heterocycles. The summed E-state index contributed by atoms with van der Waals surface area (Å²) < 4.78 is 7.12. The lowest BCUT2D eigenvalue weighted by molar-refractivity contribution is -0.0514. The van der Waals surface area contributed by atoms with E-state index in [1.165, 1.54) is 10.9 Å². The number of ether oxygens (including phenoxy) is 1. The van der Waals surface area contributed by atoms with Crippen molar-refractivity contribution in [2.45, 2.75) is 29.4 Å². The van der Waals surface area contributed by atoms with E-state index in [0.717, 1.165) is 10.5 Å². The Labute approximate surface area is 170 Å². The third kappa shape index (κ3) is 3.55. The second-order valence-electron chi connectivity index (χ2n) is 6.44. The summed E-state index contributed by atoms with van der Waals surface area (Å²) in [4.78, 5) is 13.7. The molecule has 29 heavy (non-hydrogen) atoms. The SMILES string of the molecule is CSc1ccc(C#Cc2nc3c(N)ncnc3n2[C@@H]2O[C@H](CO)C(O)C2O)cc1. The Kier molecular flexibility index (Phi) is 5.40. The van der Waals surface area contributed by atoms with Crippen LogP contribution in [-0.4, -0.2) is 66.0 Å². The van der Waals surface area contributed by atoms with Crippen molar-refractivity contribution in [2.75, 3.05) is 18.6 Å². The summed E-state index contributed by atoms with van der Waals surface area (Å²) in [6.07, 6.45) is -1.27. The zero-order valence-electron chi connectivity index (χ0n) is 15.4. The minimum Gasteiger partial charge on any atom is -0.394 e. The van der Waals surface area contributed by atoms with Crippen LogP contribution in [0, 0.1) is 11.8 Å². The van der Waals surface area contributed by atoms with E-state index in [1.807, 2.05) is 30.5 Å². The summed E-state index contributed by atoms with van der Waals surface area (Å²) in [5, 5.41) is 30.0. The number of nitrogen functional groups attached to an aromatic ring is 1. The molecule has 150 valence electrons. The molecule has 0 bridgehead atoms. The van der Waals surface area contributed by atoms with Crippen LogP contribution >= 0.6 is 11.8 Å². The number of aliphatic hydroxyl groups is 3. The second-order valence-corrected chi connectivity index (χ2v) is 7.32. The standard InChI is InChI=1S/C19H19N5O4S/c1-29-11-5-2-10(3-6-11)4-7-13-23-14-17(20)21-9-22-18(14)24(13)19-16(27)15(26)12(8-25)28-19/h2-3,5-6,9,12,15-16,19,25-27H,8H2,1H3,(H2,20,21,22)/t12-,15?,16?,19-/m1/s1. The van der Waals surface area contributed by atoms with Crippen molar-refractivity contribution in [3.8, 4) is 11.8 Å². The van der Waals surface area contributed by atoms with Gasteiger partial charge in [0, 0.05) is 10.5 Å². The van der Waals surface area contributed by atoms with E-state index in [1.54, 1.807) is 11.8 Å². The minimum atomic E-state index is -1.30. The number of aliphatic hydroxyl groups excluding tert-OH is 3. The van der Waals surface area contributed by atoms with Gasteiger partial charge in [0.2, 0.25) is 0 Å². The first-order chi connectivity index (χ1) is 14.0. The first kappa shape index (κ1) is 19.6. The highest BCUT2D eigenvalue weighted by atomic mass is 32.2. The van der Waals surface area contributed by atoms with Gasteiger partial charge in [0.05, 0.1) is 6.61 Å². The predicted octanol–water partition coefficient (Wildman–Crippen LogP) is 0.142. The fourth-order valence-corrected chi connectivity index (χ4v) is 3.56. The monoisotopic (exact) mass is 413 g/mol. The quantitative estimate of drug-likeness (QED) is 0.349. The van der Waals surface area contributed by atoms with Gasteiger partial charge in [0.1, 0.15) is 24.6 Å². The summed E-state index contributed by atoms with van der Waals surface area (Å²) in [5.74, 6) is 6.40. The molecule has 0 radical (unpaired) electrons.